The number of nitrogens with zero attached hydrogens (tertiary/aromatic N) is 2. The van der Waals surface area contributed by atoms with Gasteiger partial charge in [0.05, 0.1) is 13.7 Å². The SMILES string of the molecule is COc1ccc(C)cc1CN1CCN(CC(=O)N[C@H](C)CCc2ccccc2)CC1. The van der Waals surface area contributed by atoms with E-state index in [1.807, 2.05) is 12.1 Å². The molecule has 0 aromatic heterocycles. The average Bonchev–Trinajstić information content (AvgIpc) is 2.74. The molecule has 0 spiro atoms. The number of benzene rings is 2. The lowest BCUT2D eigenvalue weighted by molar-refractivity contribution is -0.123. The minimum atomic E-state index is 0.129. The van der Waals surface area contributed by atoms with Gasteiger partial charge in [-0.05, 0) is 38.3 Å². The summed E-state index contributed by atoms with van der Waals surface area (Å²) in [5, 5.41) is 3.16. The molecule has 1 saturated heterocycles. The van der Waals surface area contributed by atoms with Gasteiger partial charge in [-0.15, -0.1) is 0 Å². The second-order valence-corrected chi connectivity index (χ2v) is 8.36. The first-order valence-electron chi connectivity index (χ1n) is 10.9. The summed E-state index contributed by atoms with van der Waals surface area (Å²) in [5.41, 5.74) is 3.80. The van der Waals surface area contributed by atoms with Crippen LogP contribution in [0.1, 0.15) is 30.0 Å². The van der Waals surface area contributed by atoms with Crippen molar-refractivity contribution in [2.45, 2.75) is 39.3 Å². The quantitative estimate of drug-likeness (QED) is 0.691. The number of rotatable bonds is 9. The zero-order valence-electron chi connectivity index (χ0n) is 18.6. The predicted octanol–water partition coefficient (Wildman–Crippen LogP) is 3.26. The highest BCUT2D eigenvalue weighted by molar-refractivity contribution is 5.78. The van der Waals surface area contributed by atoms with Gasteiger partial charge in [0.1, 0.15) is 5.75 Å². The zero-order valence-corrected chi connectivity index (χ0v) is 18.6. The maximum absolute atomic E-state index is 12.4. The smallest absolute Gasteiger partial charge is 0.234 e. The van der Waals surface area contributed by atoms with Crippen molar-refractivity contribution < 1.29 is 9.53 Å². The molecule has 5 nitrogen and oxygen atoms in total. The topological polar surface area (TPSA) is 44.8 Å². The van der Waals surface area contributed by atoms with Gasteiger partial charge < -0.3 is 10.1 Å². The Morgan fingerprint density at radius 2 is 1.77 bits per heavy atom. The Balaban J connectivity index is 1.38. The van der Waals surface area contributed by atoms with Crippen molar-refractivity contribution in [2.24, 2.45) is 0 Å². The number of methoxy groups -OCH3 is 1. The molecule has 1 atom stereocenters. The van der Waals surface area contributed by atoms with Crippen LogP contribution < -0.4 is 10.1 Å². The summed E-state index contributed by atoms with van der Waals surface area (Å²) in [6, 6.07) is 17.0. The highest BCUT2D eigenvalue weighted by atomic mass is 16.5. The van der Waals surface area contributed by atoms with Gasteiger partial charge in [0.2, 0.25) is 5.91 Å². The fourth-order valence-corrected chi connectivity index (χ4v) is 4.00. The molecular weight excluding hydrogens is 374 g/mol. The Morgan fingerprint density at radius 1 is 1.07 bits per heavy atom. The first-order valence-corrected chi connectivity index (χ1v) is 10.9. The standard InChI is InChI=1S/C25H35N3O2/c1-20-9-12-24(30-3)23(17-20)18-27-13-15-28(16-14-27)19-25(29)26-21(2)10-11-22-7-5-4-6-8-22/h4-9,12,17,21H,10-11,13-16,18-19H2,1-3H3,(H,26,29)/t21-/m1/s1. The number of amides is 1. The lowest BCUT2D eigenvalue weighted by Gasteiger charge is -2.34. The van der Waals surface area contributed by atoms with Crippen molar-refractivity contribution in [3.05, 3.63) is 65.2 Å². The Morgan fingerprint density at radius 3 is 2.47 bits per heavy atom. The predicted molar refractivity (Wildman–Crippen MR) is 122 cm³/mol. The highest BCUT2D eigenvalue weighted by Gasteiger charge is 2.20. The molecule has 5 heteroatoms. The van der Waals surface area contributed by atoms with Gasteiger partial charge in [-0.1, -0.05) is 48.0 Å². The van der Waals surface area contributed by atoms with Crippen LogP contribution in [0.3, 0.4) is 0 Å². The van der Waals surface area contributed by atoms with E-state index < -0.39 is 0 Å². The summed E-state index contributed by atoms with van der Waals surface area (Å²) < 4.78 is 5.51. The summed E-state index contributed by atoms with van der Waals surface area (Å²) in [6.07, 6.45) is 1.95. The van der Waals surface area contributed by atoms with Crippen LogP contribution in [0.5, 0.6) is 5.75 Å². The summed E-state index contributed by atoms with van der Waals surface area (Å²) in [7, 11) is 1.73. The second-order valence-electron chi connectivity index (χ2n) is 8.36. The third-order valence-corrected chi connectivity index (χ3v) is 5.78. The number of carbonyl (C=O) groups is 1. The fourth-order valence-electron chi connectivity index (χ4n) is 4.00. The average molecular weight is 410 g/mol. The normalized spacial score (nSPS) is 16.2. The molecule has 162 valence electrons. The molecule has 1 heterocycles. The molecule has 0 unspecified atom stereocenters. The van der Waals surface area contributed by atoms with Crippen molar-refractivity contribution in [2.75, 3.05) is 39.8 Å². The van der Waals surface area contributed by atoms with Crippen molar-refractivity contribution >= 4 is 5.91 Å². The van der Waals surface area contributed by atoms with Crippen molar-refractivity contribution in [3.8, 4) is 5.75 Å². The van der Waals surface area contributed by atoms with Gasteiger partial charge in [-0.25, -0.2) is 0 Å². The minimum absolute atomic E-state index is 0.129. The highest BCUT2D eigenvalue weighted by Crippen LogP contribution is 2.22. The monoisotopic (exact) mass is 409 g/mol. The van der Waals surface area contributed by atoms with Gasteiger partial charge >= 0.3 is 0 Å². The van der Waals surface area contributed by atoms with E-state index in [4.69, 9.17) is 4.74 Å². The number of hydrogen-bond acceptors (Lipinski definition) is 4. The third-order valence-electron chi connectivity index (χ3n) is 5.78. The Hall–Kier alpha value is -2.37. The van der Waals surface area contributed by atoms with Crippen LogP contribution in [-0.2, 0) is 17.8 Å². The first-order chi connectivity index (χ1) is 14.5. The van der Waals surface area contributed by atoms with E-state index in [0.29, 0.717) is 6.54 Å². The molecule has 1 fully saturated rings. The maximum atomic E-state index is 12.4. The molecule has 1 N–H and O–H groups in total. The van der Waals surface area contributed by atoms with E-state index in [-0.39, 0.29) is 11.9 Å². The first kappa shape index (κ1) is 22.3. The number of nitrogens with one attached hydrogen (secondary N) is 1. The molecule has 2 aromatic carbocycles. The summed E-state index contributed by atoms with van der Waals surface area (Å²) in [5.74, 6) is 1.08. The van der Waals surface area contributed by atoms with E-state index in [1.165, 1.54) is 16.7 Å². The lowest BCUT2D eigenvalue weighted by Crippen LogP contribution is -2.50. The van der Waals surface area contributed by atoms with Crippen molar-refractivity contribution in [1.82, 2.24) is 15.1 Å². The van der Waals surface area contributed by atoms with Crippen LogP contribution in [0.15, 0.2) is 48.5 Å². The summed E-state index contributed by atoms with van der Waals surface area (Å²) >= 11 is 0. The van der Waals surface area contributed by atoms with E-state index >= 15 is 0 Å². The molecule has 0 bridgehead atoms. The Kier molecular flexibility index (Phi) is 8.29. The van der Waals surface area contributed by atoms with Crippen LogP contribution in [0, 0.1) is 6.92 Å². The van der Waals surface area contributed by atoms with E-state index in [9.17, 15) is 4.79 Å². The largest absolute Gasteiger partial charge is 0.496 e. The molecular formula is C25H35N3O2. The van der Waals surface area contributed by atoms with Gasteiger partial charge in [0.25, 0.3) is 0 Å². The van der Waals surface area contributed by atoms with E-state index in [1.54, 1.807) is 7.11 Å². The Bertz CT molecular complexity index is 801. The van der Waals surface area contributed by atoms with Crippen LogP contribution in [-0.4, -0.2) is 61.6 Å². The van der Waals surface area contributed by atoms with E-state index in [2.05, 4.69) is 65.4 Å². The number of carbonyl (C=O) groups excluding carboxylic acids is 1. The second kappa shape index (κ2) is 11.1. The van der Waals surface area contributed by atoms with Gasteiger partial charge in [0, 0.05) is 44.3 Å². The maximum Gasteiger partial charge on any atom is 0.234 e. The third kappa shape index (κ3) is 6.85. The molecule has 0 aliphatic carbocycles. The number of hydrogen-bond donors (Lipinski definition) is 1. The van der Waals surface area contributed by atoms with Gasteiger partial charge in [-0.2, -0.15) is 0 Å². The van der Waals surface area contributed by atoms with Crippen LogP contribution in [0.4, 0.5) is 0 Å². The molecule has 1 aliphatic rings. The molecule has 0 saturated carbocycles. The van der Waals surface area contributed by atoms with Crippen molar-refractivity contribution in [1.29, 1.82) is 0 Å². The Labute approximate surface area is 181 Å². The molecule has 2 aromatic rings. The minimum Gasteiger partial charge on any atom is -0.496 e. The molecule has 30 heavy (non-hydrogen) atoms. The summed E-state index contributed by atoms with van der Waals surface area (Å²) in [6.45, 7) is 9.34. The summed E-state index contributed by atoms with van der Waals surface area (Å²) in [4.78, 5) is 17.1. The molecule has 0 radical (unpaired) electrons. The van der Waals surface area contributed by atoms with Crippen molar-refractivity contribution in [3.63, 3.8) is 0 Å². The fraction of sp³-hybridized carbons (Fsp3) is 0.480. The number of aryl methyl sites for hydroxylation is 2. The van der Waals surface area contributed by atoms with E-state index in [0.717, 1.165) is 51.3 Å². The molecule has 1 aliphatic heterocycles. The van der Waals surface area contributed by atoms with Gasteiger partial charge in [-0.3, -0.25) is 14.6 Å². The number of piperazine rings is 1. The zero-order chi connectivity index (χ0) is 21.3. The molecule has 1 amide bonds. The van der Waals surface area contributed by atoms with Gasteiger partial charge in [0.15, 0.2) is 0 Å². The van der Waals surface area contributed by atoms with Crippen LogP contribution in [0.25, 0.3) is 0 Å². The van der Waals surface area contributed by atoms with Crippen LogP contribution >= 0.6 is 0 Å². The lowest BCUT2D eigenvalue weighted by atomic mass is 10.1. The molecule has 3 rings (SSSR count). The van der Waals surface area contributed by atoms with Crippen LogP contribution in [0.2, 0.25) is 0 Å². The number of ether oxygens (including phenoxy) is 1.